The van der Waals surface area contributed by atoms with Gasteiger partial charge in [-0.3, -0.25) is 4.79 Å². The van der Waals surface area contributed by atoms with Crippen LogP contribution in [0.5, 0.6) is 0 Å². The number of benzene rings is 2. The van der Waals surface area contributed by atoms with Gasteiger partial charge in [-0.2, -0.15) is 0 Å². The van der Waals surface area contributed by atoms with Crippen molar-refractivity contribution in [3.05, 3.63) is 66.0 Å². The fraction of sp³-hybridized carbons (Fsp3) is 0.200. The minimum Gasteiger partial charge on any atom is -0.378 e. The second kappa shape index (κ2) is 6.61. The molecule has 1 saturated heterocycles. The molecule has 2 heterocycles. The molecule has 0 N–H and O–H groups in total. The van der Waals surface area contributed by atoms with Crippen LogP contribution in [0.4, 0.5) is 4.39 Å². The van der Waals surface area contributed by atoms with E-state index in [2.05, 4.69) is 4.98 Å². The van der Waals surface area contributed by atoms with Crippen molar-refractivity contribution >= 4 is 16.8 Å². The molecule has 1 aliphatic rings. The molecule has 4 rings (SSSR count). The third-order valence-electron chi connectivity index (χ3n) is 4.38. The summed E-state index contributed by atoms with van der Waals surface area (Å²) < 4.78 is 18.5. The van der Waals surface area contributed by atoms with Crippen LogP contribution in [0.25, 0.3) is 22.2 Å². The second-order valence-electron chi connectivity index (χ2n) is 5.98. The molecular weight excluding hydrogens is 319 g/mol. The lowest BCUT2D eigenvalue weighted by atomic mass is 10.0. The van der Waals surface area contributed by atoms with Crippen LogP contribution in [0.15, 0.2) is 54.6 Å². The minimum absolute atomic E-state index is 0.0229. The Kier molecular flexibility index (Phi) is 4.15. The molecule has 0 saturated carbocycles. The number of aromatic nitrogens is 1. The summed E-state index contributed by atoms with van der Waals surface area (Å²) in [7, 11) is 0. The van der Waals surface area contributed by atoms with Crippen LogP contribution >= 0.6 is 0 Å². The van der Waals surface area contributed by atoms with E-state index in [-0.39, 0.29) is 11.7 Å². The van der Waals surface area contributed by atoms with Gasteiger partial charge in [-0.05, 0) is 36.4 Å². The number of nitrogens with zero attached hydrogens (tertiary/aromatic N) is 2. The topological polar surface area (TPSA) is 42.4 Å². The van der Waals surface area contributed by atoms with Gasteiger partial charge in [0.05, 0.1) is 30.0 Å². The van der Waals surface area contributed by atoms with Gasteiger partial charge in [0.15, 0.2) is 0 Å². The lowest BCUT2D eigenvalue weighted by Gasteiger charge is -2.27. The summed E-state index contributed by atoms with van der Waals surface area (Å²) in [5.41, 5.74) is 2.81. The zero-order valence-corrected chi connectivity index (χ0v) is 13.6. The van der Waals surface area contributed by atoms with Gasteiger partial charge in [0.1, 0.15) is 5.82 Å². The van der Waals surface area contributed by atoms with E-state index in [1.165, 1.54) is 12.1 Å². The largest absolute Gasteiger partial charge is 0.378 e. The maximum absolute atomic E-state index is 13.2. The first-order chi connectivity index (χ1) is 12.2. The van der Waals surface area contributed by atoms with Gasteiger partial charge in [0.2, 0.25) is 0 Å². The predicted octanol–water partition coefficient (Wildman–Crippen LogP) is 3.51. The van der Waals surface area contributed by atoms with E-state index in [0.29, 0.717) is 37.6 Å². The van der Waals surface area contributed by atoms with E-state index in [0.717, 1.165) is 16.5 Å². The standard InChI is InChI=1S/C20H17FN2O2/c21-15-7-5-14(6-8-15)19-13-17(16-3-1-2-4-18(16)22-19)20(24)23-9-11-25-12-10-23/h1-8,13H,9-12H2. The number of halogens is 1. The Hall–Kier alpha value is -2.79. The monoisotopic (exact) mass is 336 g/mol. The van der Waals surface area contributed by atoms with Crippen molar-refractivity contribution in [3.8, 4) is 11.3 Å². The molecule has 1 aliphatic heterocycles. The van der Waals surface area contributed by atoms with Gasteiger partial charge in [-0.1, -0.05) is 18.2 Å². The molecular formula is C20H17FN2O2. The van der Waals surface area contributed by atoms with Crippen molar-refractivity contribution in [2.24, 2.45) is 0 Å². The van der Waals surface area contributed by atoms with Crippen molar-refractivity contribution in [1.82, 2.24) is 9.88 Å². The summed E-state index contributed by atoms with van der Waals surface area (Å²) in [5, 5.41) is 0.824. The van der Waals surface area contributed by atoms with Crippen molar-refractivity contribution < 1.29 is 13.9 Å². The summed E-state index contributed by atoms with van der Waals surface area (Å²) in [4.78, 5) is 19.5. The molecule has 0 bridgehead atoms. The molecule has 0 spiro atoms. The number of ether oxygens (including phenoxy) is 1. The van der Waals surface area contributed by atoms with Crippen LogP contribution in [0.3, 0.4) is 0 Å². The van der Waals surface area contributed by atoms with Crippen molar-refractivity contribution in [1.29, 1.82) is 0 Å². The number of fused-ring (bicyclic) bond motifs is 1. The first kappa shape index (κ1) is 15.7. The molecule has 0 radical (unpaired) electrons. The molecule has 2 aromatic carbocycles. The highest BCUT2D eigenvalue weighted by Gasteiger charge is 2.21. The molecule has 126 valence electrons. The Balaban J connectivity index is 1.83. The molecule has 4 nitrogen and oxygen atoms in total. The molecule has 1 aromatic heterocycles. The van der Waals surface area contributed by atoms with Gasteiger partial charge in [0, 0.05) is 24.0 Å². The number of carbonyl (C=O) groups is 1. The molecule has 0 unspecified atom stereocenters. The van der Waals surface area contributed by atoms with E-state index in [1.54, 1.807) is 23.1 Å². The maximum Gasteiger partial charge on any atom is 0.254 e. The molecule has 5 heteroatoms. The van der Waals surface area contributed by atoms with Crippen LogP contribution in [0, 0.1) is 5.82 Å². The summed E-state index contributed by atoms with van der Waals surface area (Å²) >= 11 is 0. The first-order valence-corrected chi connectivity index (χ1v) is 8.25. The third kappa shape index (κ3) is 3.10. The second-order valence-corrected chi connectivity index (χ2v) is 5.98. The summed E-state index contributed by atoms with van der Waals surface area (Å²) in [6.45, 7) is 2.28. The Morgan fingerprint density at radius 1 is 1.04 bits per heavy atom. The number of morpholine rings is 1. The van der Waals surface area contributed by atoms with E-state index >= 15 is 0 Å². The lowest BCUT2D eigenvalue weighted by Crippen LogP contribution is -2.40. The first-order valence-electron chi connectivity index (χ1n) is 8.25. The number of hydrogen-bond acceptors (Lipinski definition) is 3. The highest BCUT2D eigenvalue weighted by atomic mass is 19.1. The summed E-state index contributed by atoms with van der Waals surface area (Å²) in [5.74, 6) is -0.320. The Morgan fingerprint density at radius 2 is 1.76 bits per heavy atom. The number of amides is 1. The van der Waals surface area contributed by atoms with Crippen LogP contribution in [-0.2, 0) is 4.74 Å². The number of hydrogen-bond donors (Lipinski definition) is 0. The smallest absolute Gasteiger partial charge is 0.254 e. The fourth-order valence-corrected chi connectivity index (χ4v) is 3.06. The Bertz CT molecular complexity index is 919. The van der Waals surface area contributed by atoms with Crippen molar-refractivity contribution in [2.45, 2.75) is 0 Å². The Morgan fingerprint density at radius 3 is 2.52 bits per heavy atom. The van der Waals surface area contributed by atoms with Gasteiger partial charge >= 0.3 is 0 Å². The van der Waals surface area contributed by atoms with Crippen LogP contribution in [-0.4, -0.2) is 42.1 Å². The van der Waals surface area contributed by atoms with Crippen LogP contribution in [0.2, 0.25) is 0 Å². The van der Waals surface area contributed by atoms with Crippen LogP contribution in [0.1, 0.15) is 10.4 Å². The average molecular weight is 336 g/mol. The third-order valence-corrected chi connectivity index (χ3v) is 4.38. The predicted molar refractivity (Wildman–Crippen MR) is 93.9 cm³/mol. The van der Waals surface area contributed by atoms with Gasteiger partial charge in [0.25, 0.3) is 5.91 Å². The van der Waals surface area contributed by atoms with Gasteiger partial charge in [-0.15, -0.1) is 0 Å². The zero-order chi connectivity index (χ0) is 17.2. The Labute approximate surface area is 144 Å². The van der Waals surface area contributed by atoms with E-state index in [9.17, 15) is 9.18 Å². The normalized spacial score (nSPS) is 14.7. The quantitative estimate of drug-likeness (QED) is 0.719. The molecule has 1 fully saturated rings. The van der Waals surface area contributed by atoms with Crippen molar-refractivity contribution in [3.63, 3.8) is 0 Å². The number of carbonyl (C=O) groups excluding carboxylic acids is 1. The van der Waals surface area contributed by atoms with E-state index in [1.807, 2.05) is 24.3 Å². The summed E-state index contributed by atoms with van der Waals surface area (Å²) in [6, 6.07) is 15.5. The maximum atomic E-state index is 13.2. The SMILES string of the molecule is O=C(c1cc(-c2ccc(F)cc2)nc2ccccc12)N1CCOCC1. The molecule has 3 aromatic rings. The average Bonchev–Trinajstić information content (AvgIpc) is 2.68. The minimum atomic E-state index is -0.297. The highest BCUT2D eigenvalue weighted by molar-refractivity contribution is 6.07. The number of rotatable bonds is 2. The zero-order valence-electron chi connectivity index (χ0n) is 13.6. The molecule has 25 heavy (non-hydrogen) atoms. The molecule has 0 aliphatic carbocycles. The molecule has 0 atom stereocenters. The van der Waals surface area contributed by atoms with E-state index in [4.69, 9.17) is 4.74 Å². The highest BCUT2D eigenvalue weighted by Crippen LogP contribution is 2.26. The van der Waals surface area contributed by atoms with Gasteiger partial charge < -0.3 is 9.64 Å². The molecule has 1 amide bonds. The van der Waals surface area contributed by atoms with Crippen LogP contribution < -0.4 is 0 Å². The van der Waals surface area contributed by atoms with E-state index < -0.39 is 0 Å². The van der Waals surface area contributed by atoms with Crippen molar-refractivity contribution in [2.75, 3.05) is 26.3 Å². The number of para-hydroxylation sites is 1. The fourth-order valence-electron chi connectivity index (χ4n) is 3.06. The van der Waals surface area contributed by atoms with Gasteiger partial charge in [-0.25, -0.2) is 9.37 Å². The number of pyridine rings is 1. The summed E-state index contributed by atoms with van der Waals surface area (Å²) in [6.07, 6.45) is 0. The lowest BCUT2D eigenvalue weighted by molar-refractivity contribution is 0.0304.